The molecular weight excluding hydrogens is 406 g/mol. The second kappa shape index (κ2) is 8.65. The number of ether oxygens (including phenoxy) is 1. The molecule has 2 saturated heterocycles. The van der Waals surface area contributed by atoms with Gasteiger partial charge < -0.3 is 15.0 Å². The van der Waals surface area contributed by atoms with Crippen LogP contribution >= 0.6 is 0 Å². The third-order valence-electron chi connectivity index (χ3n) is 6.40. The van der Waals surface area contributed by atoms with E-state index in [0.717, 1.165) is 22.3 Å². The number of likely N-dealkylation sites (tertiary alicyclic amines) is 1. The quantitative estimate of drug-likeness (QED) is 0.732. The summed E-state index contributed by atoms with van der Waals surface area (Å²) in [4.78, 5) is 41.5. The van der Waals surface area contributed by atoms with Crippen LogP contribution in [0.5, 0.6) is 5.75 Å². The van der Waals surface area contributed by atoms with Crippen LogP contribution in [0.25, 0.3) is 0 Å². The number of piperidine rings is 1. The molecule has 2 heterocycles. The number of hydrogen-bond donors (Lipinski definition) is 1. The molecule has 4 rings (SSSR count). The molecule has 0 saturated carbocycles. The molecule has 0 radical (unpaired) electrons. The van der Waals surface area contributed by atoms with Gasteiger partial charge in [0.2, 0.25) is 0 Å². The fourth-order valence-corrected chi connectivity index (χ4v) is 4.38. The van der Waals surface area contributed by atoms with Gasteiger partial charge in [-0.2, -0.15) is 0 Å². The lowest BCUT2D eigenvalue weighted by Gasteiger charge is -2.37. The largest absolute Gasteiger partial charge is 0.484 e. The van der Waals surface area contributed by atoms with Gasteiger partial charge in [-0.1, -0.05) is 35.9 Å². The molecule has 4 amide bonds. The summed E-state index contributed by atoms with van der Waals surface area (Å²) < 4.78 is 5.63. The van der Waals surface area contributed by atoms with E-state index < -0.39 is 5.54 Å². The monoisotopic (exact) mass is 435 g/mol. The number of rotatable bonds is 5. The average Bonchev–Trinajstić information content (AvgIpc) is 2.99. The SMILES string of the molecule is Cc1cccc(OCC(=O)N2CCC3(CC2)NC(=O)N(Cc2cc(C)ccc2C)C3=O)c1. The molecule has 0 bridgehead atoms. The average molecular weight is 436 g/mol. The van der Waals surface area contributed by atoms with Gasteiger partial charge >= 0.3 is 6.03 Å². The Morgan fingerprint density at radius 2 is 1.75 bits per heavy atom. The van der Waals surface area contributed by atoms with Crippen LogP contribution in [-0.4, -0.2) is 52.9 Å². The highest BCUT2D eigenvalue weighted by Crippen LogP contribution is 2.31. The molecule has 2 aliphatic rings. The summed E-state index contributed by atoms with van der Waals surface area (Å²) in [5.74, 6) is 0.337. The van der Waals surface area contributed by atoms with Gasteiger partial charge in [-0.05, 0) is 62.4 Å². The van der Waals surface area contributed by atoms with Crippen LogP contribution < -0.4 is 10.1 Å². The van der Waals surface area contributed by atoms with E-state index in [2.05, 4.69) is 5.32 Å². The highest BCUT2D eigenvalue weighted by atomic mass is 16.5. The number of carbonyl (C=O) groups excluding carboxylic acids is 3. The molecule has 1 N–H and O–H groups in total. The van der Waals surface area contributed by atoms with Crippen LogP contribution in [0.3, 0.4) is 0 Å². The number of urea groups is 1. The van der Waals surface area contributed by atoms with Gasteiger partial charge in [0, 0.05) is 13.1 Å². The number of aryl methyl sites for hydroxylation is 3. The first kappa shape index (κ1) is 21.9. The van der Waals surface area contributed by atoms with E-state index in [1.165, 1.54) is 4.90 Å². The van der Waals surface area contributed by atoms with Crippen molar-refractivity contribution in [2.45, 2.75) is 45.7 Å². The predicted molar refractivity (Wildman–Crippen MR) is 120 cm³/mol. The second-order valence-electron chi connectivity index (χ2n) is 8.82. The first-order chi connectivity index (χ1) is 15.3. The Morgan fingerprint density at radius 1 is 1.03 bits per heavy atom. The van der Waals surface area contributed by atoms with Crippen molar-refractivity contribution in [2.75, 3.05) is 19.7 Å². The molecule has 2 aromatic carbocycles. The summed E-state index contributed by atoms with van der Waals surface area (Å²) in [6, 6.07) is 13.2. The van der Waals surface area contributed by atoms with Crippen molar-refractivity contribution >= 4 is 17.8 Å². The van der Waals surface area contributed by atoms with Crippen LogP contribution in [0.2, 0.25) is 0 Å². The highest BCUT2D eigenvalue weighted by molar-refractivity contribution is 6.07. The van der Waals surface area contributed by atoms with Crippen LogP contribution in [0.4, 0.5) is 4.79 Å². The van der Waals surface area contributed by atoms with E-state index in [4.69, 9.17) is 4.74 Å². The van der Waals surface area contributed by atoms with Crippen LogP contribution in [0, 0.1) is 20.8 Å². The van der Waals surface area contributed by atoms with Crippen molar-refractivity contribution in [3.8, 4) is 5.75 Å². The maximum absolute atomic E-state index is 13.2. The normalized spacial score (nSPS) is 17.6. The topological polar surface area (TPSA) is 79.0 Å². The Morgan fingerprint density at radius 3 is 2.47 bits per heavy atom. The minimum Gasteiger partial charge on any atom is -0.484 e. The fraction of sp³-hybridized carbons (Fsp3) is 0.400. The molecule has 7 nitrogen and oxygen atoms in total. The van der Waals surface area contributed by atoms with E-state index in [0.29, 0.717) is 31.7 Å². The zero-order valence-electron chi connectivity index (χ0n) is 18.8. The van der Waals surface area contributed by atoms with Crippen molar-refractivity contribution in [2.24, 2.45) is 0 Å². The minimum absolute atomic E-state index is 0.0461. The third-order valence-corrected chi connectivity index (χ3v) is 6.40. The van der Waals surface area contributed by atoms with Gasteiger partial charge in [0.1, 0.15) is 11.3 Å². The van der Waals surface area contributed by atoms with E-state index in [-0.39, 0.29) is 31.0 Å². The number of carbonyl (C=O) groups is 3. The Hall–Kier alpha value is -3.35. The number of hydrogen-bond acceptors (Lipinski definition) is 4. The molecule has 32 heavy (non-hydrogen) atoms. The Kier molecular flexibility index (Phi) is 5.91. The number of amides is 4. The maximum Gasteiger partial charge on any atom is 0.325 e. The lowest BCUT2D eigenvalue weighted by atomic mass is 9.87. The molecule has 1 spiro atoms. The molecular formula is C25H29N3O4. The Bertz CT molecular complexity index is 1060. The second-order valence-corrected chi connectivity index (χ2v) is 8.82. The van der Waals surface area contributed by atoms with E-state index in [9.17, 15) is 14.4 Å². The Balaban J connectivity index is 1.36. The van der Waals surface area contributed by atoms with Gasteiger partial charge in [-0.25, -0.2) is 4.79 Å². The van der Waals surface area contributed by atoms with Crippen molar-refractivity contribution in [1.29, 1.82) is 0 Å². The molecule has 0 unspecified atom stereocenters. The highest BCUT2D eigenvalue weighted by Gasteiger charge is 2.52. The van der Waals surface area contributed by atoms with Crippen LogP contribution in [0.15, 0.2) is 42.5 Å². The summed E-state index contributed by atoms with van der Waals surface area (Å²) in [6.45, 7) is 6.95. The molecule has 2 aliphatic heterocycles. The third kappa shape index (κ3) is 4.33. The van der Waals surface area contributed by atoms with Gasteiger partial charge in [-0.15, -0.1) is 0 Å². The van der Waals surface area contributed by atoms with Gasteiger partial charge in [-0.3, -0.25) is 14.5 Å². The zero-order chi connectivity index (χ0) is 22.9. The summed E-state index contributed by atoms with van der Waals surface area (Å²) in [5, 5.41) is 2.92. The van der Waals surface area contributed by atoms with Gasteiger partial charge in [0.15, 0.2) is 6.61 Å². The standard InChI is InChI=1S/C25H29N3O4/c1-17-5-4-6-21(14-17)32-16-22(29)27-11-9-25(10-12-27)23(30)28(24(31)26-25)15-20-13-18(2)7-8-19(20)3/h4-8,13-14H,9-12,15-16H2,1-3H3,(H,26,31). The first-order valence-corrected chi connectivity index (χ1v) is 10.9. The first-order valence-electron chi connectivity index (χ1n) is 10.9. The van der Waals surface area contributed by atoms with Crippen LogP contribution in [0.1, 0.15) is 35.1 Å². The van der Waals surface area contributed by atoms with Gasteiger partial charge in [0.05, 0.1) is 6.54 Å². The lowest BCUT2D eigenvalue weighted by molar-refractivity contribution is -0.139. The van der Waals surface area contributed by atoms with Crippen molar-refractivity contribution in [1.82, 2.24) is 15.1 Å². The van der Waals surface area contributed by atoms with E-state index >= 15 is 0 Å². The van der Waals surface area contributed by atoms with Crippen molar-refractivity contribution in [3.63, 3.8) is 0 Å². The van der Waals surface area contributed by atoms with E-state index in [1.54, 1.807) is 4.90 Å². The zero-order valence-corrected chi connectivity index (χ0v) is 18.8. The Labute approximate surface area is 188 Å². The summed E-state index contributed by atoms with van der Waals surface area (Å²) >= 11 is 0. The molecule has 168 valence electrons. The summed E-state index contributed by atoms with van der Waals surface area (Å²) in [6.07, 6.45) is 0.800. The number of nitrogens with one attached hydrogen (secondary N) is 1. The molecule has 0 atom stereocenters. The van der Waals surface area contributed by atoms with Crippen molar-refractivity contribution < 1.29 is 19.1 Å². The fourth-order valence-electron chi connectivity index (χ4n) is 4.38. The van der Waals surface area contributed by atoms with Crippen molar-refractivity contribution in [3.05, 3.63) is 64.7 Å². The van der Waals surface area contributed by atoms with Gasteiger partial charge in [0.25, 0.3) is 11.8 Å². The summed E-state index contributed by atoms with van der Waals surface area (Å²) in [7, 11) is 0. The number of benzene rings is 2. The molecule has 7 heteroatoms. The smallest absolute Gasteiger partial charge is 0.325 e. The molecule has 2 fully saturated rings. The minimum atomic E-state index is -0.928. The molecule has 0 aliphatic carbocycles. The predicted octanol–water partition coefficient (Wildman–Crippen LogP) is 3.10. The lowest BCUT2D eigenvalue weighted by Crippen LogP contribution is -2.56. The maximum atomic E-state index is 13.2. The molecule has 2 aromatic rings. The summed E-state index contributed by atoms with van der Waals surface area (Å²) in [5.41, 5.74) is 3.24. The molecule has 0 aromatic heterocycles. The number of imide groups is 1. The number of nitrogens with zero attached hydrogens (tertiary/aromatic N) is 2. The van der Waals surface area contributed by atoms with E-state index in [1.807, 2.05) is 63.2 Å². The van der Waals surface area contributed by atoms with Crippen LogP contribution in [-0.2, 0) is 16.1 Å².